The van der Waals surface area contributed by atoms with Crippen molar-refractivity contribution in [1.29, 1.82) is 0 Å². The molecule has 5 nitrogen and oxygen atoms in total. The molecule has 1 N–H and O–H groups in total. The largest absolute Gasteiger partial charge is 0.367 e. The lowest BCUT2D eigenvalue weighted by atomic mass is 10.1. The highest BCUT2D eigenvalue weighted by Crippen LogP contribution is 2.29. The molecule has 1 aromatic rings. The number of morpholine rings is 1. The summed E-state index contributed by atoms with van der Waals surface area (Å²) in [5.41, 5.74) is 3.62. The van der Waals surface area contributed by atoms with Crippen LogP contribution in [-0.4, -0.2) is 47.2 Å². The quantitative estimate of drug-likeness (QED) is 0.827. The molecule has 3 aliphatic rings. The lowest BCUT2D eigenvalue weighted by molar-refractivity contribution is -0.0543. The van der Waals surface area contributed by atoms with Gasteiger partial charge in [0.25, 0.3) is 0 Å². The molecule has 0 bridgehead atoms. The van der Waals surface area contributed by atoms with E-state index in [1.54, 1.807) is 0 Å². The van der Waals surface area contributed by atoms with Crippen LogP contribution in [0.2, 0.25) is 0 Å². The molecule has 3 aliphatic heterocycles. The van der Waals surface area contributed by atoms with Crippen molar-refractivity contribution in [3.05, 3.63) is 22.8 Å². The van der Waals surface area contributed by atoms with Gasteiger partial charge in [0.2, 0.25) is 0 Å². The molecule has 108 valence electrons. The number of aryl methyl sites for hydroxylation is 1. The summed E-state index contributed by atoms with van der Waals surface area (Å²) in [6.45, 7) is 7.02. The maximum absolute atomic E-state index is 6.04. The first-order valence-corrected chi connectivity index (χ1v) is 7.74. The van der Waals surface area contributed by atoms with Crippen molar-refractivity contribution in [3.8, 4) is 0 Å². The van der Waals surface area contributed by atoms with E-state index in [0.29, 0.717) is 6.04 Å². The zero-order valence-electron chi connectivity index (χ0n) is 12.1. The van der Waals surface area contributed by atoms with E-state index >= 15 is 0 Å². The fraction of sp³-hybridized carbons (Fsp3) is 0.733. The highest BCUT2D eigenvalue weighted by Gasteiger charge is 2.34. The number of hydrogen-bond acceptors (Lipinski definition) is 5. The zero-order valence-corrected chi connectivity index (χ0v) is 12.1. The number of rotatable bonds is 1. The van der Waals surface area contributed by atoms with Gasteiger partial charge < -0.3 is 10.1 Å². The Morgan fingerprint density at radius 2 is 2.30 bits per heavy atom. The molecule has 2 atom stereocenters. The highest BCUT2D eigenvalue weighted by molar-refractivity contribution is 5.28. The van der Waals surface area contributed by atoms with E-state index in [1.165, 1.54) is 30.6 Å². The maximum Gasteiger partial charge on any atom is 0.158 e. The third-order valence-electron chi connectivity index (χ3n) is 4.83. The Morgan fingerprint density at radius 3 is 3.25 bits per heavy atom. The molecule has 20 heavy (non-hydrogen) atoms. The molecule has 0 amide bonds. The summed E-state index contributed by atoms with van der Waals surface area (Å²) >= 11 is 0. The Bertz CT molecular complexity index is 519. The number of ether oxygens (including phenoxy) is 1. The van der Waals surface area contributed by atoms with Crippen LogP contribution in [0.25, 0.3) is 0 Å². The van der Waals surface area contributed by atoms with E-state index in [4.69, 9.17) is 14.7 Å². The first-order chi connectivity index (χ1) is 9.81. The van der Waals surface area contributed by atoms with E-state index in [0.717, 1.165) is 44.2 Å². The van der Waals surface area contributed by atoms with Crippen molar-refractivity contribution in [2.24, 2.45) is 0 Å². The first-order valence-electron chi connectivity index (χ1n) is 7.74. The SMILES string of the molecule is Cc1nc(C2CN3CCCC3CO2)nc2c1CNCC2. The van der Waals surface area contributed by atoms with Crippen LogP contribution in [0.1, 0.15) is 41.7 Å². The Labute approximate surface area is 119 Å². The van der Waals surface area contributed by atoms with Crippen LogP contribution in [0.4, 0.5) is 0 Å². The van der Waals surface area contributed by atoms with E-state index in [2.05, 4.69) is 17.1 Å². The molecule has 5 heteroatoms. The zero-order chi connectivity index (χ0) is 13.5. The summed E-state index contributed by atoms with van der Waals surface area (Å²) in [4.78, 5) is 12.1. The minimum absolute atomic E-state index is 0.0586. The Hall–Kier alpha value is -1.04. The van der Waals surface area contributed by atoms with Crippen LogP contribution in [0, 0.1) is 6.92 Å². The van der Waals surface area contributed by atoms with Gasteiger partial charge in [-0.3, -0.25) is 4.90 Å². The van der Waals surface area contributed by atoms with Gasteiger partial charge in [-0.15, -0.1) is 0 Å². The molecule has 0 aromatic carbocycles. The summed E-state index contributed by atoms with van der Waals surface area (Å²) < 4.78 is 6.04. The van der Waals surface area contributed by atoms with Crippen molar-refractivity contribution < 1.29 is 4.74 Å². The number of aromatic nitrogens is 2. The van der Waals surface area contributed by atoms with Crippen molar-refractivity contribution in [1.82, 2.24) is 20.2 Å². The monoisotopic (exact) mass is 274 g/mol. The van der Waals surface area contributed by atoms with Gasteiger partial charge in [0.1, 0.15) is 6.10 Å². The molecule has 4 rings (SSSR count). The highest BCUT2D eigenvalue weighted by atomic mass is 16.5. The molecular weight excluding hydrogens is 252 g/mol. The van der Waals surface area contributed by atoms with Crippen LogP contribution in [0.15, 0.2) is 0 Å². The fourth-order valence-electron chi connectivity index (χ4n) is 3.65. The molecule has 2 saturated heterocycles. The maximum atomic E-state index is 6.04. The molecule has 1 aromatic heterocycles. The molecule has 4 heterocycles. The standard InChI is InChI=1S/C15H22N4O/c1-10-12-7-16-5-4-13(12)18-15(17-10)14-8-19-6-2-3-11(19)9-20-14/h11,14,16H,2-9H2,1H3. The third-order valence-corrected chi connectivity index (χ3v) is 4.83. The molecule has 0 saturated carbocycles. The van der Waals surface area contributed by atoms with E-state index in [1.807, 2.05) is 0 Å². The summed E-state index contributed by atoms with van der Waals surface area (Å²) in [6.07, 6.45) is 3.65. The van der Waals surface area contributed by atoms with Gasteiger partial charge in [-0.25, -0.2) is 9.97 Å². The Kier molecular flexibility index (Phi) is 3.21. The lowest BCUT2D eigenvalue weighted by Crippen LogP contribution is -2.43. The third kappa shape index (κ3) is 2.14. The summed E-state index contributed by atoms with van der Waals surface area (Å²) in [7, 11) is 0. The summed E-state index contributed by atoms with van der Waals surface area (Å²) in [6, 6.07) is 0.633. The second kappa shape index (κ2) is 5.06. The van der Waals surface area contributed by atoms with Gasteiger partial charge >= 0.3 is 0 Å². The van der Waals surface area contributed by atoms with E-state index in [9.17, 15) is 0 Å². The molecule has 2 unspecified atom stereocenters. The smallest absolute Gasteiger partial charge is 0.158 e. The van der Waals surface area contributed by atoms with E-state index < -0.39 is 0 Å². The van der Waals surface area contributed by atoms with Crippen LogP contribution < -0.4 is 5.32 Å². The van der Waals surface area contributed by atoms with Crippen LogP contribution in [0.5, 0.6) is 0 Å². The summed E-state index contributed by atoms with van der Waals surface area (Å²) in [5, 5.41) is 3.39. The molecule has 0 spiro atoms. The molecule has 2 fully saturated rings. The molecule has 0 radical (unpaired) electrons. The predicted molar refractivity (Wildman–Crippen MR) is 75.5 cm³/mol. The van der Waals surface area contributed by atoms with Crippen molar-refractivity contribution in [2.45, 2.75) is 44.9 Å². The van der Waals surface area contributed by atoms with Crippen molar-refractivity contribution in [2.75, 3.05) is 26.2 Å². The summed E-state index contributed by atoms with van der Waals surface area (Å²) in [5.74, 6) is 0.897. The molecule has 0 aliphatic carbocycles. The van der Waals surface area contributed by atoms with Crippen LogP contribution in [0.3, 0.4) is 0 Å². The Balaban J connectivity index is 1.60. The normalized spacial score (nSPS) is 30.1. The average Bonchev–Trinajstić information content (AvgIpc) is 2.94. The molecular formula is C15H22N4O. The van der Waals surface area contributed by atoms with Crippen molar-refractivity contribution in [3.63, 3.8) is 0 Å². The number of fused-ring (bicyclic) bond motifs is 2. The van der Waals surface area contributed by atoms with Crippen LogP contribution in [-0.2, 0) is 17.7 Å². The number of nitrogens with zero attached hydrogens (tertiary/aromatic N) is 3. The minimum Gasteiger partial charge on any atom is -0.367 e. The van der Waals surface area contributed by atoms with Gasteiger partial charge in [-0.2, -0.15) is 0 Å². The van der Waals surface area contributed by atoms with Crippen molar-refractivity contribution >= 4 is 0 Å². The first kappa shape index (κ1) is 12.7. The van der Waals surface area contributed by atoms with Gasteiger partial charge in [-0.1, -0.05) is 0 Å². The topological polar surface area (TPSA) is 50.3 Å². The second-order valence-electron chi connectivity index (χ2n) is 6.13. The van der Waals surface area contributed by atoms with Gasteiger partial charge in [0, 0.05) is 43.4 Å². The van der Waals surface area contributed by atoms with E-state index in [-0.39, 0.29) is 6.10 Å². The second-order valence-corrected chi connectivity index (χ2v) is 6.13. The van der Waals surface area contributed by atoms with Gasteiger partial charge in [0.15, 0.2) is 5.82 Å². The van der Waals surface area contributed by atoms with Gasteiger partial charge in [0.05, 0.1) is 12.3 Å². The number of nitrogens with one attached hydrogen (secondary N) is 1. The average molecular weight is 274 g/mol. The fourth-order valence-corrected chi connectivity index (χ4v) is 3.65. The Morgan fingerprint density at radius 1 is 1.35 bits per heavy atom. The van der Waals surface area contributed by atoms with Crippen LogP contribution >= 0.6 is 0 Å². The van der Waals surface area contributed by atoms with Gasteiger partial charge in [-0.05, 0) is 26.3 Å². The minimum atomic E-state index is 0.0586. The number of hydrogen-bond donors (Lipinski definition) is 1. The lowest BCUT2D eigenvalue weighted by Gasteiger charge is -2.34. The predicted octanol–water partition coefficient (Wildman–Crippen LogP) is 0.966.